The Bertz CT molecular complexity index is 894. The number of carbonyl (C=O) groups excluding carboxylic acids is 3. The van der Waals surface area contributed by atoms with Gasteiger partial charge in [0.1, 0.15) is 5.75 Å². The Hall–Kier alpha value is -3.35. The van der Waals surface area contributed by atoms with E-state index in [2.05, 4.69) is 5.32 Å². The Morgan fingerprint density at radius 3 is 2.62 bits per heavy atom. The van der Waals surface area contributed by atoms with Crippen molar-refractivity contribution in [3.63, 3.8) is 0 Å². The van der Waals surface area contributed by atoms with Gasteiger partial charge in [0.15, 0.2) is 6.61 Å². The van der Waals surface area contributed by atoms with E-state index in [0.717, 1.165) is 5.56 Å². The van der Waals surface area contributed by atoms with Gasteiger partial charge in [0.2, 0.25) is 5.91 Å². The molecule has 7 nitrogen and oxygen atoms in total. The highest BCUT2D eigenvalue weighted by Gasteiger charge is 2.30. The number of hydrogen-bond donors (Lipinski definition) is 1. The van der Waals surface area contributed by atoms with Crippen LogP contribution in [-0.2, 0) is 19.1 Å². The summed E-state index contributed by atoms with van der Waals surface area (Å²) >= 11 is 0. The maximum Gasteiger partial charge on any atom is 0.309 e. The molecule has 1 aliphatic heterocycles. The minimum absolute atomic E-state index is 0.0351. The van der Waals surface area contributed by atoms with E-state index in [1.54, 1.807) is 31.2 Å². The van der Waals surface area contributed by atoms with E-state index in [1.807, 2.05) is 31.2 Å². The number of ether oxygens (including phenoxy) is 2. The third-order valence-corrected chi connectivity index (χ3v) is 4.58. The number of amides is 2. The maximum atomic E-state index is 12.7. The van der Waals surface area contributed by atoms with Crippen LogP contribution in [0.15, 0.2) is 48.5 Å². The number of esters is 1. The SMILES string of the molecule is Cc1ccc(OCCC(=O)OCC(=O)N2c3ccccc3NC(=O)C[C@H]2C)cc1. The van der Waals surface area contributed by atoms with E-state index < -0.39 is 12.6 Å². The minimum Gasteiger partial charge on any atom is -0.493 e. The average Bonchev–Trinajstić information content (AvgIpc) is 2.82. The molecule has 152 valence electrons. The lowest BCUT2D eigenvalue weighted by Crippen LogP contribution is -2.41. The molecule has 1 atom stereocenters. The summed E-state index contributed by atoms with van der Waals surface area (Å²) in [5.41, 5.74) is 2.28. The molecule has 29 heavy (non-hydrogen) atoms. The molecule has 0 aliphatic carbocycles. The van der Waals surface area contributed by atoms with Gasteiger partial charge in [-0.2, -0.15) is 0 Å². The van der Waals surface area contributed by atoms with Gasteiger partial charge in [-0.15, -0.1) is 0 Å². The second kappa shape index (κ2) is 9.23. The predicted molar refractivity (Wildman–Crippen MR) is 109 cm³/mol. The van der Waals surface area contributed by atoms with Crippen molar-refractivity contribution in [1.29, 1.82) is 0 Å². The Balaban J connectivity index is 1.53. The van der Waals surface area contributed by atoms with Crippen molar-refractivity contribution < 1.29 is 23.9 Å². The molecule has 0 saturated carbocycles. The van der Waals surface area contributed by atoms with Crippen LogP contribution in [0.5, 0.6) is 5.75 Å². The fourth-order valence-corrected chi connectivity index (χ4v) is 3.14. The monoisotopic (exact) mass is 396 g/mol. The summed E-state index contributed by atoms with van der Waals surface area (Å²) in [5, 5.41) is 2.79. The van der Waals surface area contributed by atoms with E-state index in [9.17, 15) is 14.4 Å². The molecule has 0 spiro atoms. The zero-order valence-corrected chi connectivity index (χ0v) is 16.5. The third kappa shape index (κ3) is 5.34. The quantitative estimate of drug-likeness (QED) is 0.759. The summed E-state index contributed by atoms with van der Waals surface area (Å²) < 4.78 is 10.6. The topological polar surface area (TPSA) is 84.9 Å². The van der Waals surface area contributed by atoms with Gasteiger partial charge in [0.05, 0.1) is 24.4 Å². The van der Waals surface area contributed by atoms with Crippen molar-refractivity contribution in [2.24, 2.45) is 0 Å². The number of aryl methyl sites for hydroxylation is 1. The Kier molecular flexibility index (Phi) is 6.49. The third-order valence-electron chi connectivity index (χ3n) is 4.58. The zero-order chi connectivity index (χ0) is 20.8. The van der Waals surface area contributed by atoms with Crippen LogP contribution >= 0.6 is 0 Å². The maximum absolute atomic E-state index is 12.7. The molecule has 0 fully saturated rings. The van der Waals surface area contributed by atoms with Crippen LogP contribution < -0.4 is 15.0 Å². The molecule has 0 saturated heterocycles. The van der Waals surface area contributed by atoms with Crippen LogP contribution in [-0.4, -0.2) is 37.0 Å². The molecular weight excluding hydrogens is 372 g/mol. The Labute approximate surface area is 169 Å². The van der Waals surface area contributed by atoms with Crippen molar-refractivity contribution in [2.45, 2.75) is 32.7 Å². The summed E-state index contributed by atoms with van der Waals surface area (Å²) in [6.45, 7) is 3.54. The lowest BCUT2D eigenvalue weighted by atomic mass is 10.1. The number of fused-ring (bicyclic) bond motifs is 1. The number of nitrogens with zero attached hydrogens (tertiary/aromatic N) is 1. The Morgan fingerprint density at radius 1 is 1.14 bits per heavy atom. The van der Waals surface area contributed by atoms with Gasteiger partial charge in [0, 0.05) is 12.5 Å². The first-order valence-electron chi connectivity index (χ1n) is 9.50. The van der Waals surface area contributed by atoms with E-state index in [0.29, 0.717) is 17.1 Å². The van der Waals surface area contributed by atoms with Gasteiger partial charge in [-0.3, -0.25) is 14.4 Å². The van der Waals surface area contributed by atoms with E-state index in [-0.39, 0.29) is 37.3 Å². The van der Waals surface area contributed by atoms with Crippen molar-refractivity contribution >= 4 is 29.2 Å². The molecule has 7 heteroatoms. The number of rotatable bonds is 6. The fourth-order valence-electron chi connectivity index (χ4n) is 3.14. The number of para-hydroxylation sites is 2. The number of anilines is 2. The summed E-state index contributed by atoms with van der Waals surface area (Å²) in [6, 6.07) is 14.2. The Morgan fingerprint density at radius 2 is 1.86 bits per heavy atom. The summed E-state index contributed by atoms with van der Waals surface area (Å²) in [4.78, 5) is 38.2. The molecule has 1 N–H and O–H groups in total. The van der Waals surface area contributed by atoms with Crippen LogP contribution in [0, 0.1) is 6.92 Å². The van der Waals surface area contributed by atoms with Gasteiger partial charge >= 0.3 is 5.97 Å². The molecule has 2 aromatic carbocycles. The first-order valence-corrected chi connectivity index (χ1v) is 9.50. The second-order valence-corrected chi connectivity index (χ2v) is 6.95. The molecule has 3 rings (SSSR count). The van der Waals surface area contributed by atoms with Crippen LogP contribution in [0.25, 0.3) is 0 Å². The van der Waals surface area contributed by atoms with E-state index in [4.69, 9.17) is 9.47 Å². The lowest BCUT2D eigenvalue weighted by molar-refractivity contribution is -0.148. The average molecular weight is 396 g/mol. The predicted octanol–water partition coefficient (Wildman–Crippen LogP) is 3.07. The fraction of sp³-hybridized carbons (Fsp3) is 0.318. The van der Waals surface area contributed by atoms with Crippen molar-refractivity contribution in [2.75, 3.05) is 23.4 Å². The molecule has 2 aromatic rings. The number of nitrogens with one attached hydrogen (secondary N) is 1. The highest BCUT2D eigenvalue weighted by Crippen LogP contribution is 2.31. The normalized spacial score (nSPS) is 15.7. The first-order chi connectivity index (χ1) is 13.9. The molecule has 2 amide bonds. The van der Waals surface area contributed by atoms with Crippen LogP contribution in [0.2, 0.25) is 0 Å². The molecule has 1 aliphatic rings. The first kappa shape index (κ1) is 20.4. The van der Waals surface area contributed by atoms with Crippen LogP contribution in [0.4, 0.5) is 11.4 Å². The zero-order valence-electron chi connectivity index (χ0n) is 16.5. The van der Waals surface area contributed by atoms with Crippen molar-refractivity contribution in [3.05, 3.63) is 54.1 Å². The van der Waals surface area contributed by atoms with Crippen molar-refractivity contribution in [3.8, 4) is 5.75 Å². The summed E-state index contributed by atoms with van der Waals surface area (Å²) in [6.07, 6.45) is 0.200. The number of carbonyl (C=O) groups is 3. The lowest BCUT2D eigenvalue weighted by Gasteiger charge is -2.27. The minimum atomic E-state index is -0.518. The molecule has 0 radical (unpaired) electrons. The van der Waals surface area contributed by atoms with Gasteiger partial charge in [-0.25, -0.2) is 0 Å². The smallest absolute Gasteiger partial charge is 0.309 e. The number of hydrogen-bond acceptors (Lipinski definition) is 5. The van der Waals surface area contributed by atoms with Gasteiger partial charge in [0.25, 0.3) is 5.91 Å². The molecule has 0 unspecified atom stereocenters. The van der Waals surface area contributed by atoms with Gasteiger partial charge < -0.3 is 19.7 Å². The second-order valence-electron chi connectivity index (χ2n) is 6.95. The van der Waals surface area contributed by atoms with E-state index >= 15 is 0 Å². The highest BCUT2D eigenvalue weighted by atomic mass is 16.5. The van der Waals surface area contributed by atoms with Crippen LogP contribution in [0.1, 0.15) is 25.3 Å². The van der Waals surface area contributed by atoms with Crippen LogP contribution in [0.3, 0.4) is 0 Å². The van der Waals surface area contributed by atoms with E-state index in [1.165, 1.54) is 4.90 Å². The number of benzene rings is 2. The standard InChI is InChI=1S/C22H24N2O5/c1-15-7-9-17(10-8-15)28-12-11-22(27)29-14-21(26)24-16(2)13-20(25)23-18-5-3-4-6-19(18)24/h3-10,16H,11-14H2,1-2H3,(H,23,25)/t16-/m1/s1. The molecular formula is C22H24N2O5. The summed E-state index contributed by atoms with van der Waals surface area (Å²) in [7, 11) is 0. The largest absolute Gasteiger partial charge is 0.493 e. The van der Waals surface area contributed by atoms with Gasteiger partial charge in [-0.1, -0.05) is 29.8 Å². The van der Waals surface area contributed by atoms with Crippen molar-refractivity contribution in [1.82, 2.24) is 0 Å². The van der Waals surface area contributed by atoms with Gasteiger partial charge in [-0.05, 0) is 38.1 Å². The summed E-state index contributed by atoms with van der Waals surface area (Å²) in [5.74, 6) is -0.387. The highest BCUT2D eigenvalue weighted by molar-refractivity contribution is 6.05. The molecule has 0 bridgehead atoms. The molecule has 0 aromatic heterocycles. The molecule has 1 heterocycles.